The van der Waals surface area contributed by atoms with Crippen LogP contribution in [0, 0.1) is 17.6 Å². The molecule has 0 saturated heterocycles. The first-order valence-electron chi connectivity index (χ1n) is 13.3. The van der Waals surface area contributed by atoms with Crippen LogP contribution in [0.3, 0.4) is 0 Å². The molecule has 1 aromatic carbocycles. The second kappa shape index (κ2) is 10.7. The van der Waals surface area contributed by atoms with Crippen LogP contribution >= 0.6 is 0 Å². The summed E-state index contributed by atoms with van der Waals surface area (Å²) in [5, 5.41) is 7.45. The van der Waals surface area contributed by atoms with Crippen LogP contribution in [0.2, 0.25) is 0 Å². The van der Waals surface area contributed by atoms with Crippen molar-refractivity contribution >= 4 is 16.9 Å². The molecule has 0 spiro atoms. The van der Waals surface area contributed by atoms with Crippen LogP contribution in [0.15, 0.2) is 61.1 Å². The third kappa shape index (κ3) is 5.48. The number of nitrogens with zero attached hydrogens (tertiary/aromatic N) is 4. The van der Waals surface area contributed by atoms with Crippen LogP contribution in [0.5, 0.6) is 0 Å². The molecule has 6 rings (SSSR count). The molecule has 2 N–H and O–H groups in total. The molecule has 1 aliphatic rings. The number of fused-ring (bicyclic) bond motifs is 2. The standard InChI is InChI=1S/C30H25F5N6O/c1-16-7-23-25(8-16)41(40-28(23)30(33,34)35)15-26(42)39-24(11-17-9-20(31)13-21(32)10-17)27-22(3-2-5-36-27)19-12-18-4-6-37-29(18)38-14-19/h2-6,9-10,12-14,16,24H,7-8,11,15H2,1H3,(H,37,38)(H,39,42)/t16?,24-/m0/s1. The minimum absolute atomic E-state index is 0.00825. The Morgan fingerprint density at radius 3 is 2.67 bits per heavy atom. The number of nitrogens with one attached hydrogen (secondary N) is 2. The minimum Gasteiger partial charge on any atom is -0.346 e. The second-order valence-corrected chi connectivity index (χ2v) is 10.6. The van der Waals surface area contributed by atoms with Crippen molar-refractivity contribution in [2.45, 2.75) is 44.9 Å². The number of H-pyrrole nitrogens is 1. The summed E-state index contributed by atoms with van der Waals surface area (Å²) in [4.78, 5) is 25.4. The maximum Gasteiger partial charge on any atom is 0.435 e. The molecule has 1 amide bonds. The van der Waals surface area contributed by atoms with E-state index in [9.17, 15) is 26.7 Å². The van der Waals surface area contributed by atoms with Crippen LogP contribution < -0.4 is 5.32 Å². The number of hydrogen-bond donors (Lipinski definition) is 2. The Morgan fingerprint density at radius 1 is 1.12 bits per heavy atom. The fraction of sp³-hybridized carbons (Fsp3) is 0.267. The second-order valence-electron chi connectivity index (χ2n) is 10.6. The molecule has 1 unspecified atom stereocenters. The van der Waals surface area contributed by atoms with Gasteiger partial charge in [-0.1, -0.05) is 13.0 Å². The van der Waals surface area contributed by atoms with Crippen molar-refractivity contribution in [1.29, 1.82) is 0 Å². The van der Waals surface area contributed by atoms with Crippen molar-refractivity contribution in [1.82, 2.24) is 30.0 Å². The van der Waals surface area contributed by atoms with Crippen molar-refractivity contribution in [2.24, 2.45) is 5.92 Å². The molecule has 42 heavy (non-hydrogen) atoms. The van der Waals surface area contributed by atoms with E-state index in [0.717, 1.165) is 28.3 Å². The van der Waals surface area contributed by atoms with Crippen LogP contribution in [0.1, 0.15) is 41.2 Å². The lowest BCUT2D eigenvalue weighted by Gasteiger charge is -2.22. The van der Waals surface area contributed by atoms with E-state index in [2.05, 4.69) is 25.4 Å². The molecule has 5 aromatic rings. The Balaban J connectivity index is 1.36. The van der Waals surface area contributed by atoms with Crippen LogP contribution in [0.4, 0.5) is 22.0 Å². The van der Waals surface area contributed by atoms with Gasteiger partial charge in [-0.3, -0.25) is 14.5 Å². The van der Waals surface area contributed by atoms with Gasteiger partial charge in [0.1, 0.15) is 23.8 Å². The highest BCUT2D eigenvalue weighted by Gasteiger charge is 2.41. The van der Waals surface area contributed by atoms with Crippen LogP contribution in [-0.4, -0.2) is 30.6 Å². The van der Waals surface area contributed by atoms with E-state index < -0.39 is 42.0 Å². The summed E-state index contributed by atoms with van der Waals surface area (Å²) in [6, 6.07) is 9.45. The van der Waals surface area contributed by atoms with Gasteiger partial charge in [0.25, 0.3) is 0 Å². The van der Waals surface area contributed by atoms with Gasteiger partial charge in [0.05, 0.1) is 11.7 Å². The number of benzene rings is 1. The maximum atomic E-state index is 14.1. The molecule has 1 aliphatic carbocycles. The molecule has 4 heterocycles. The number of carbonyl (C=O) groups excluding carboxylic acids is 1. The van der Waals surface area contributed by atoms with Crippen molar-refractivity contribution < 1.29 is 26.7 Å². The van der Waals surface area contributed by atoms with Gasteiger partial charge in [0, 0.05) is 52.4 Å². The molecule has 4 aromatic heterocycles. The van der Waals surface area contributed by atoms with E-state index in [1.165, 1.54) is 6.20 Å². The van der Waals surface area contributed by atoms with Crippen molar-refractivity contribution in [3.63, 3.8) is 0 Å². The molecule has 2 atom stereocenters. The number of alkyl halides is 3. The third-order valence-corrected chi connectivity index (χ3v) is 7.40. The summed E-state index contributed by atoms with van der Waals surface area (Å²) >= 11 is 0. The van der Waals surface area contributed by atoms with Crippen molar-refractivity contribution in [3.05, 3.63) is 101 Å². The summed E-state index contributed by atoms with van der Waals surface area (Å²) in [6.45, 7) is 1.39. The Bertz CT molecular complexity index is 1770. The van der Waals surface area contributed by atoms with E-state index in [1.54, 1.807) is 24.5 Å². The highest BCUT2D eigenvalue weighted by molar-refractivity contribution is 5.82. The summed E-state index contributed by atoms with van der Waals surface area (Å²) in [5.41, 5.74) is 2.22. The van der Waals surface area contributed by atoms with E-state index >= 15 is 0 Å². The monoisotopic (exact) mass is 580 g/mol. The SMILES string of the molecule is CC1Cc2c(C(F)(F)F)nn(CC(=O)N[C@@H](Cc3cc(F)cc(F)c3)c3ncccc3-c3cnc4[nH]ccc4c3)c2C1. The smallest absolute Gasteiger partial charge is 0.346 e. The van der Waals surface area contributed by atoms with Gasteiger partial charge in [-0.15, -0.1) is 0 Å². The van der Waals surface area contributed by atoms with Crippen molar-refractivity contribution in [2.75, 3.05) is 0 Å². The molecular formula is C30H25F5N6O. The Hall–Kier alpha value is -4.61. The number of hydrogen-bond acceptors (Lipinski definition) is 4. The maximum absolute atomic E-state index is 14.1. The molecule has 0 saturated carbocycles. The number of aromatic amines is 1. The van der Waals surface area contributed by atoms with Gasteiger partial charge in [0.2, 0.25) is 5.91 Å². The molecular weight excluding hydrogens is 555 g/mol. The first kappa shape index (κ1) is 27.6. The first-order chi connectivity index (χ1) is 20.0. The fourth-order valence-electron chi connectivity index (χ4n) is 5.67. The van der Waals surface area contributed by atoms with Crippen molar-refractivity contribution in [3.8, 4) is 11.1 Å². The average Bonchev–Trinajstić information content (AvgIpc) is 3.62. The number of rotatable bonds is 7. The molecule has 0 aliphatic heterocycles. The van der Waals surface area contributed by atoms with Gasteiger partial charge in [-0.05, 0) is 61.1 Å². The van der Waals surface area contributed by atoms with Crippen LogP contribution in [0.25, 0.3) is 22.2 Å². The lowest BCUT2D eigenvalue weighted by Crippen LogP contribution is -2.34. The zero-order valence-electron chi connectivity index (χ0n) is 22.3. The lowest BCUT2D eigenvalue weighted by molar-refractivity contribution is -0.142. The van der Waals surface area contributed by atoms with E-state index in [-0.39, 0.29) is 29.9 Å². The average molecular weight is 581 g/mol. The Morgan fingerprint density at radius 2 is 1.90 bits per heavy atom. The summed E-state index contributed by atoms with van der Waals surface area (Å²) in [5.74, 6) is -2.18. The Labute approximate surface area is 236 Å². The largest absolute Gasteiger partial charge is 0.435 e. The normalized spacial score (nSPS) is 15.6. The molecule has 216 valence electrons. The molecule has 0 radical (unpaired) electrons. The van der Waals surface area contributed by atoms with Gasteiger partial charge in [-0.25, -0.2) is 13.8 Å². The topological polar surface area (TPSA) is 88.5 Å². The van der Waals surface area contributed by atoms with Gasteiger partial charge < -0.3 is 10.3 Å². The zero-order chi connectivity index (χ0) is 29.6. The number of pyridine rings is 2. The molecule has 12 heteroatoms. The summed E-state index contributed by atoms with van der Waals surface area (Å²) in [6.07, 6.45) is 0.859. The molecule has 7 nitrogen and oxygen atoms in total. The summed E-state index contributed by atoms with van der Waals surface area (Å²) in [7, 11) is 0. The number of amides is 1. The minimum atomic E-state index is -4.64. The quantitative estimate of drug-likeness (QED) is 0.233. The third-order valence-electron chi connectivity index (χ3n) is 7.40. The van der Waals surface area contributed by atoms with E-state index in [0.29, 0.717) is 34.6 Å². The first-order valence-corrected chi connectivity index (χ1v) is 13.3. The number of carbonyl (C=O) groups is 1. The molecule has 0 fully saturated rings. The van der Waals surface area contributed by atoms with E-state index in [1.807, 2.05) is 19.1 Å². The fourth-order valence-corrected chi connectivity index (χ4v) is 5.67. The van der Waals surface area contributed by atoms with Gasteiger partial charge in [0.15, 0.2) is 5.69 Å². The highest BCUT2D eigenvalue weighted by Crippen LogP contribution is 2.38. The molecule has 0 bridgehead atoms. The summed E-state index contributed by atoms with van der Waals surface area (Å²) < 4.78 is 70.4. The number of halogens is 5. The number of aromatic nitrogens is 5. The van der Waals surface area contributed by atoms with E-state index in [4.69, 9.17) is 0 Å². The van der Waals surface area contributed by atoms with Gasteiger partial charge >= 0.3 is 6.18 Å². The van der Waals surface area contributed by atoms with Crippen LogP contribution in [-0.2, 0) is 36.8 Å². The predicted octanol–water partition coefficient (Wildman–Crippen LogP) is 5.95. The Kier molecular flexibility index (Phi) is 6.99. The van der Waals surface area contributed by atoms with Gasteiger partial charge in [-0.2, -0.15) is 18.3 Å². The lowest BCUT2D eigenvalue weighted by atomic mass is 9.95. The predicted molar refractivity (Wildman–Crippen MR) is 144 cm³/mol. The zero-order valence-corrected chi connectivity index (χ0v) is 22.3. The highest BCUT2D eigenvalue weighted by atomic mass is 19.4.